The van der Waals surface area contributed by atoms with Crippen LogP contribution in [0.2, 0.25) is 0 Å². The van der Waals surface area contributed by atoms with Crippen LogP contribution in [0.4, 0.5) is 4.79 Å². The van der Waals surface area contributed by atoms with Crippen molar-refractivity contribution in [3.63, 3.8) is 0 Å². The summed E-state index contributed by atoms with van der Waals surface area (Å²) < 4.78 is 0.508. The first kappa shape index (κ1) is 9.09. The van der Waals surface area contributed by atoms with Crippen LogP contribution in [0.15, 0.2) is 0 Å². The maximum atomic E-state index is 10.6. The van der Waals surface area contributed by atoms with E-state index in [4.69, 9.17) is 5.11 Å². The first-order valence-electron chi connectivity index (χ1n) is 3.72. The Balaban J connectivity index is 2.52. The average Bonchev–Trinajstić information content (AvgIpc) is 2.33. The SMILES string of the molecule is CN(C(=O)O)C1CCCC1I. The number of hydrogen-bond donors (Lipinski definition) is 1. The first-order chi connectivity index (χ1) is 5.13. The third-order valence-electron chi connectivity index (χ3n) is 2.20. The van der Waals surface area contributed by atoms with E-state index in [-0.39, 0.29) is 6.04 Å². The summed E-state index contributed by atoms with van der Waals surface area (Å²) in [5, 5.41) is 8.68. The molecule has 0 bridgehead atoms. The zero-order chi connectivity index (χ0) is 8.43. The molecule has 1 aliphatic rings. The molecule has 1 N–H and O–H groups in total. The molecule has 64 valence electrons. The van der Waals surface area contributed by atoms with E-state index in [1.165, 1.54) is 4.90 Å². The van der Waals surface area contributed by atoms with Crippen LogP contribution in [0.3, 0.4) is 0 Å². The Morgan fingerprint density at radius 3 is 2.64 bits per heavy atom. The normalized spacial score (nSPS) is 30.4. The highest BCUT2D eigenvalue weighted by molar-refractivity contribution is 14.1. The van der Waals surface area contributed by atoms with Gasteiger partial charge in [0.1, 0.15) is 0 Å². The molecule has 0 aromatic heterocycles. The lowest BCUT2D eigenvalue weighted by molar-refractivity contribution is 0.141. The van der Waals surface area contributed by atoms with E-state index in [0.29, 0.717) is 3.92 Å². The van der Waals surface area contributed by atoms with Crippen LogP contribution in [-0.2, 0) is 0 Å². The Hall–Kier alpha value is 0. The molecule has 0 heterocycles. The van der Waals surface area contributed by atoms with Gasteiger partial charge in [0.2, 0.25) is 0 Å². The van der Waals surface area contributed by atoms with Crippen LogP contribution < -0.4 is 0 Å². The average molecular weight is 269 g/mol. The predicted molar refractivity (Wildman–Crippen MR) is 51.2 cm³/mol. The lowest BCUT2D eigenvalue weighted by atomic mass is 10.2. The van der Waals surface area contributed by atoms with Gasteiger partial charge >= 0.3 is 6.09 Å². The molecule has 1 saturated carbocycles. The van der Waals surface area contributed by atoms with E-state index < -0.39 is 6.09 Å². The highest BCUT2D eigenvalue weighted by atomic mass is 127. The Labute approximate surface area is 79.9 Å². The summed E-state index contributed by atoms with van der Waals surface area (Å²) >= 11 is 2.34. The summed E-state index contributed by atoms with van der Waals surface area (Å²) in [4.78, 5) is 12.0. The maximum absolute atomic E-state index is 10.6. The number of halogens is 1. The molecule has 0 aliphatic heterocycles. The summed E-state index contributed by atoms with van der Waals surface area (Å²) in [6.07, 6.45) is 2.54. The predicted octanol–water partition coefficient (Wildman–Crippen LogP) is 1.95. The Bertz CT molecular complexity index is 163. The topological polar surface area (TPSA) is 40.5 Å². The molecule has 1 fully saturated rings. The molecular formula is C7H12INO2. The van der Waals surface area contributed by atoms with Crippen LogP contribution in [-0.4, -0.2) is 33.1 Å². The number of amides is 1. The summed E-state index contributed by atoms with van der Waals surface area (Å²) in [6.45, 7) is 0. The number of rotatable bonds is 1. The van der Waals surface area contributed by atoms with Gasteiger partial charge in [-0.25, -0.2) is 4.79 Å². The van der Waals surface area contributed by atoms with Crippen LogP contribution in [0.5, 0.6) is 0 Å². The first-order valence-corrected chi connectivity index (χ1v) is 4.97. The zero-order valence-corrected chi connectivity index (χ0v) is 8.61. The molecule has 0 radical (unpaired) electrons. The van der Waals surface area contributed by atoms with Gasteiger partial charge in [0.05, 0.1) is 0 Å². The Morgan fingerprint density at radius 1 is 1.64 bits per heavy atom. The van der Waals surface area contributed by atoms with Crippen LogP contribution in [0, 0.1) is 0 Å². The second-order valence-corrected chi connectivity index (χ2v) is 4.51. The largest absolute Gasteiger partial charge is 0.465 e. The minimum Gasteiger partial charge on any atom is -0.465 e. The highest BCUT2D eigenvalue weighted by Gasteiger charge is 2.30. The van der Waals surface area contributed by atoms with Crippen molar-refractivity contribution >= 4 is 28.7 Å². The van der Waals surface area contributed by atoms with E-state index in [1.807, 2.05) is 0 Å². The van der Waals surface area contributed by atoms with Crippen molar-refractivity contribution in [2.24, 2.45) is 0 Å². The van der Waals surface area contributed by atoms with Gasteiger partial charge in [0.15, 0.2) is 0 Å². The van der Waals surface area contributed by atoms with E-state index in [1.54, 1.807) is 7.05 Å². The van der Waals surface area contributed by atoms with Crippen LogP contribution in [0.1, 0.15) is 19.3 Å². The number of alkyl halides is 1. The molecule has 1 rings (SSSR count). The molecule has 4 heteroatoms. The van der Waals surface area contributed by atoms with Crippen molar-refractivity contribution < 1.29 is 9.90 Å². The van der Waals surface area contributed by atoms with Crippen LogP contribution in [0.25, 0.3) is 0 Å². The van der Waals surface area contributed by atoms with Crippen molar-refractivity contribution in [1.82, 2.24) is 4.90 Å². The second kappa shape index (κ2) is 3.60. The Morgan fingerprint density at radius 2 is 2.27 bits per heavy atom. The minimum absolute atomic E-state index is 0.244. The molecule has 11 heavy (non-hydrogen) atoms. The molecule has 0 spiro atoms. The molecule has 0 saturated heterocycles. The number of carboxylic acid groups (broad SMARTS) is 1. The van der Waals surface area contributed by atoms with Gasteiger partial charge in [0, 0.05) is 17.0 Å². The smallest absolute Gasteiger partial charge is 0.407 e. The lowest BCUT2D eigenvalue weighted by Gasteiger charge is -2.23. The lowest BCUT2D eigenvalue weighted by Crippen LogP contribution is -2.38. The maximum Gasteiger partial charge on any atom is 0.407 e. The van der Waals surface area contributed by atoms with Crippen LogP contribution >= 0.6 is 22.6 Å². The van der Waals surface area contributed by atoms with E-state index in [0.717, 1.165) is 19.3 Å². The van der Waals surface area contributed by atoms with Gasteiger partial charge in [-0.2, -0.15) is 0 Å². The molecule has 0 aromatic rings. The third kappa shape index (κ3) is 1.98. The summed E-state index contributed by atoms with van der Waals surface area (Å²) in [6, 6.07) is 0.244. The molecule has 1 aliphatic carbocycles. The molecule has 2 atom stereocenters. The van der Waals surface area contributed by atoms with Gasteiger partial charge in [-0.05, 0) is 12.8 Å². The fourth-order valence-corrected chi connectivity index (χ4v) is 2.76. The fraction of sp³-hybridized carbons (Fsp3) is 0.857. The van der Waals surface area contributed by atoms with Crippen molar-refractivity contribution in [2.45, 2.75) is 29.2 Å². The van der Waals surface area contributed by atoms with Gasteiger partial charge in [-0.3, -0.25) is 0 Å². The van der Waals surface area contributed by atoms with Gasteiger partial charge < -0.3 is 10.0 Å². The van der Waals surface area contributed by atoms with E-state index in [2.05, 4.69) is 22.6 Å². The van der Waals surface area contributed by atoms with Gasteiger partial charge in [-0.15, -0.1) is 0 Å². The standard InChI is InChI=1S/C7H12INO2/c1-9(7(10)11)6-4-2-3-5(6)8/h5-6H,2-4H2,1H3,(H,10,11). The monoisotopic (exact) mass is 269 g/mol. The van der Waals surface area contributed by atoms with E-state index in [9.17, 15) is 4.79 Å². The molecule has 0 aromatic carbocycles. The quantitative estimate of drug-likeness (QED) is 0.584. The summed E-state index contributed by atoms with van der Waals surface area (Å²) in [5.41, 5.74) is 0. The van der Waals surface area contributed by atoms with E-state index >= 15 is 0 Å². The summed E-state index contributed by atoms with van der Waals surface area (Å²) in [5.74, 6) is 0. The van der Waals surface area contributed by atoms with Crippen molar-refractivity contribution in [1.29, 1.82) is 0 Å². The second-order valence-electron chi connectivity index (χ2n) is 2.91. The van der Waals surface area contributed by atoms with Gasteiger partial charge in [0.25, 0.3) is 0 Å². The third-order valence-corrected chi connectivity index (χ3v) is 3.65. The highest BCUT2D eigenvalue weighted by Crippen LogP contribution is 2.29. The number of nitrogens with zero attached hydrogens (tertiary/aromatic N) is 1. The number of hydrogen-bond acceptors (Lipinski definition) is 1. The van der Waals surface area contributed by atoms with Crippen molar-refractivity contribution in [2.75, 3.05) is 7.05 Å². The molecular weight excluding hydrogens is 257 g/mol. The van der Waals surface area contributed by atoms with Crippen molar-refractivity contribution in [3.05, 3.63) is 0 Å². The minimum atomic E-state index is -0.807. The fourth-order valence-electron chi connectivity index (χ4n) is 1.47. The molecule has 3 nitrogen and oxygen atoms in total. The molecule has 2 unspecified atom stereocenters. The zero-order valence-electron chi connectivity index (χ0n) is 6.46. The number of carbonyl (C=O) groups is 1. The summed E-state index contributed by atoms with van der Waals surface area (Å²) in [7, 11) is 1.66. The van der Waals surface area contributed by atoms with Gasteiger partial charge in [-0.1, -0.05) is 29.0 Å². The van der Waals surface area contributed by atoms with Crippen molar-refractivity contribution in [3.8, 4) is 0 Å². The Kier molecular flexibility index (Phi) is 2.98. The molecule has 1 amide bonds.